The maximum atomic E-state index is 11.7. The summed E-state index contributed by atoms with van der Waals surface area (Å²) < 4.78 is 16.0. The van der Waals surface area contributed by atoms with E-state index in [0.717, 1.165) is 16.9 Å². The number of ether oxygens (including phenoxy) is 3. The van der Waals surface area contributed by atoms with E-state index < -0.39 is 0 Å². The van der Waals surface area contributed by atoms with Crippen molar-refractivity contribution in [3.8, 4) is 28.4 Å². The predicted molar refractivity (Wildman–Crippen MR) is 81.5 cm³/mol. The van der Waals surface area contributed by atoms with Crippen LogP contribution in [0.3, 0.4) is 0 Å². The number of benzene rings is 2. The van der Waals surface area contributed by atoms with E-state index in [4.69, 9.17) is 14.2 Å². The van der Waals surface area contributed by atoms with Gasteiger partial charge in [0.05, 0.1) is 21.3 Å². The van der Waals surface area contributed by atoms with Gasteiger partial charge in [0.2, 0.25) is 0 Å². The SMILES string of the molecule is COc1cccc(-c2cc(C(C)=O)cc(OC)c2OC)c1. The molecular weight excluding hydrogens is 268 g/mol. The molecule has 0 radical (unpaired) electrons. The molecule has 2 aromatic carbocycles. The molecule has 0 aliphatic carbocycles. The number of carbonyl (C=O) groups excluding carboxylic acids is 1. The van der Waals surface area contributed by atoms with Crippen molar-refractivity contribution in [3.63, 3.8) is 0 Å². The molecule has 0 heterocycles. The first-order valence-corrected chi connectivity index (χ1v) is 6.52. The fraction of sp³-hybridized carbons (Fsp3) is 0.235. The average Bonchev–Trinajstić information content (AvgIpc) is 2.53. The average molecular weight is 286 g/mol. The van der Waals surface area contributed by atoms with Crippen LogP contribution in [0.2, 0.25) is 0 Å². The van der Waals surface area contributed by atoms with E-state index in [9.17, 15) is 4.79 Å². The van der Waals surface area contributed by atoms with Gasteiger partial charge in [-0.05, 0) is 36.8 Å². The van der Waals surface area contributed by atoms with E-state index >= 15 is 0 Å². The van der Waals surface area contributed by atoms with Gasteiger partial charge < -0.3 is 14.2 Å². The molecule has 0 N–H and O–H groups in total. The highest BCUT2D eigenvalue weighted by atomic mass is 16.5. The lowest BCUT2D eigenvalue weighted by atomic mass is 9.99. The number of ketones is 1. The smallest absolute Gasteiger partial charge is 0.168 e. The highest BCUT2D eigenvalue weighted by Gasteiger charge is 2.16. The molecule has 2 aromatic rings. The van der Waals surface area contributed by atoms with Crippen LogP contribution in [0.4, 0.5) is 0 Å². The van der Waals surface area contributed by atoms with E-state index in [1.165, 1.54) is 6.92 Å². The van der Waals surface area contributed by atoms with Crippen LogP contribution < -0.4 is 14.2 Å². The number of Topliss-reactive ketones (excluding diaryl/α,β-unsaturated/α-hetero) is 1. The van der Waals surface area contributed by atoms with Gasteiger partial charge in [-0.3, -0.25) is 4.79 Å². The summed E-state index contributed by atoms with van der Waals surface area (Å²) in [5.74, 6) is 1.83. The third kappa shape index (κ3) is 2.99. The second kappa shape index (κ2) is 6.31. The van der Waals surface area contributed by atoms with Gasteiger partial charge >= 0.3 is 0 Å². The van der Waals surface area contributed by atoms with E-state index in [1.54, 1.807) is 33.5 Å². The monoisotopic (exact) mass is 286 g/mol. The highest BCUT2D eigenvalue weighted by Crippen LogP contribution is 2.40. The first-order chi connectivity index (χ1) is 10.1. The zero-order chi connectivity index (χ0) is 15.4. The molecule has 0 fully saturated rings. The molecule has 4 heteroatoms. The molecule has 21 heavy (non-hydrogen) atoms. The Morgan fingerprint density at radius 1 is 0.952 bits per heavy atom. The van der Waals surface area contributed by atoms with Crippen molar-refractivity contribution in [1.29, 1.82) is 0 Å². The maximum Gasteiger partial charge on any atom is 0.168 e. The lowest BCUT2D eigenvalue weighted by Gasteiger charge is -2.15. The number of hydrogen-bond donors (Lipinski definition) is 0. The van der Waals surface area contributed by atoms with Crippen LogP contribution in [0, 0.1) is 0 Å². The molecule has 4 nitrogen and oxygen atoms in total. The highest BCUT2D eigenvalue weighted by molar-refractivity contribution is 5.97. The number of rotatable bonds is 5. The minimum absolute atomic E-state index is 0.0277. The quantitative estimate of drug-likeness (QED) is 0.788. The van der Waals surface area contributed by atoms with E-state index in [1.807, 2.05) is 24.3 Å². The second-order valence-electron chi connectivity index (χ2n) is 4.55. The van der Waals surface area contributed by atoms with Gasteiger partial charge in [-0.15, -0.1) is 0 Å². The van der Waals surface area contributed by atoms with Crippen LogP contribution in [-0.2, 0) is 0 Å². The van der Waals surface area contributed by atoms with Gasteiger partial charge in [-0.1, -0.05) is 12.1 Å². The Morgan fingerprint density at radius 3 is 2.29 bits per heavy atom. The van der Waals surface area contributed by atoms with E-state index in [2.05, 4.69) is 0 Å². The lowest BCUT2D eigenvalue weighted by Crippen LogP contribution is -1.99. The summed E-state index contributed by atoms with van der Waals surface area (Å²) in [7, 11) is 4.75. The molecule has 0 saturated carbocycles. The number of hydrogen-bond acceptors (Lipinski definition) is 4. The Hall–Kier alpha value is -2.49. The number of methoxy groups -OCH3 is 3. The summed E-state index contributed by atoms with van der Waals surface area (Å²) in [4.78, 5) is 11.7. The molecule has 0 unspecified atom stereocenters. The van der Waals surface area contributed by atoms with E-state index in [0.29, 0.717) is 17.1 Å². The molecule has 0 aromatic heterocycles. The lowest BCUT2D eigenvalue weighted by molar-refractivity contribution is 0.101. The molecular formula is C17H18O4. The molecule has 2 rings (SSSR count). The van der Waals surface area contributed by atoms with Crippen molar-refractivity contribution in [2.75, 3.05) is 21.3 Å². The van der Waals surface area contributed by atoms with Crippen LogP contribution in [0.1, 0.15) is 17.3 Å². The van der Waals surface area contributed by atoms with Crippen molar-refractivity contribution >= 4 is 5.78 Å². The summed E-state index contributed by atoms with van der Waals surface area (Å²) in [6.45, 7) is 1.52. The summed E-state index contributed by atoms with van der Waals surface area (Å²) in [6, 6.07) is 11.1. The van der Waals surface area contributed by atoms with Crippen molar-refractivity contribution in [3.05, 3.63) is 42.0 Å². The van der Waals surface area contributed by atoms with Gasteiger partial charge in [0, 0.05) is 11.1 Å². The molecule has 0 amide bonds. The molecule has 0 saturated heterocycles. The fourth-order valence-electron chi connectivity index (χ4n) is 2.17. The third-order valence-corrected chi connectivity index (χ3v) is 3.27. The Labute approximate surface area is 124 Å². The Bertz CT molecular complexity index is 662. The first kappa shape index (κ1) is 14.9. The van der Waals surface area contributed by atoms with Crippen molar-refractivity contribution in [1.82, 2.24) is 0 Å². The topological polar surface area (TPSA) is 44.8 Å². The van der Waals surface area contributed by atoms with Crippen LogP contribution in [0.15, 0.2) is 36.4 Å². The number of carbonyl (C=O) groups is 1. The van der Waals surface area contributed by atoms with Crippen molar-refractivity contribution in [2.45, 2.75) is 6.92 Å². The largest absolute Gasteiger partial charge is 0.497 e. The standard InChI is InChI=1S/C17H18O4/c1-11(18)13-9-15(17(21-4)16(10-13)20-3)12-6-5-7-14(8-12)19-2/h5-10H,1-4H3. The first-order valence-electron chi connectivity index (χ1n) is 6.52. The van der Waals surface area contributed by atoms with Crippen molar-refractivity contribution < 1.29 is 19.0 Å². The summed E-state index contributed by atoms with van der Waals surface area (Å²) >= 11 is 0. The zero-order valence-electron chi connectivity index (χ0n) is 12.6. The van der Waals surface area contributed by atoms with Crippen LogP contribution in [-0.4, -0.2) is 27.1 Å². The van der Waals surface area contributed by atoms with Gasteiger partial charge in [-0.2, -0.15) is 0 Å². The molecule has 0 aliphatic heterocycles. The normalized spacial score (nSPS) is 10.1. The molecule has 0 spiro atoms. The third-order valence-electron chi connectivity index (χ3n) is 3.27. The Morgan fingerprint density at radius 2 is 1.71 bits per heavy atom. The van der Waals surface area contributed by atoms with E-state index in [-0.39, 0.29) is 5.78 Å². The van der Waals surface area contributed by atoms with Gasteiger partial charge in [0.25, 0.3) is 0 Å². The molecule has 110 valence electrons. The van der Waals surface area contributed by atoms with Crippen LogP contribution in [0.5, 0.6) is 17.2 Å². The predicted octanol–water partition coefficient (Wildman–Crippen LogP) is 3.58. The van der Waals surface area contributed by atoms with Crippen molar-refractivity contribution in [2.24, 2.45) is 0 Å². The minimum atomic E-state index is -0.0277. The van der Waals surface area contributed by atoms with Gasteiger partial charge in [0.15, 0.2) is 17.3 Å². The van der Waals surface area contributed by atoms with Gasteiger partial charge in [0.1, 0.15) is 5.75 Å². The second-order valence-corrected chi connectivity index (χ2v) is 4.55. The minimum Gasteiger partial charge on any atom is -0.497 e. The molecule has 0 aliphatic rings. The zero-order valence-corrected chi connectivity index (χ0v) is 12.6. The maximum absolute atomic E-state index is 11.7. The van der Waals surface area contributed by atoms with Crippen LogP contribution in [0.25, 0.3) is 11.1 Å². The summed E-state index contributed by atoms with van der Waals surface area (Å²) in [5, 5.41) is 0. The summed E-state index contributed by atoms with van der Waals surface area (Å²) in [5.41, 5.74) is 2.26. The molecule has 0 bridgehead atoms. The summed E-state index contributed by atoms with van der Waals surface area (Å²) in [6.07, 6.45) is 0. The Balaban J connectivity index is 2.69. The Kier molecular flexibility index (Phi) is 4.48. The molecule has 0 atom stereocenters. The fourth-order valence-corrected chi connectivity index (χ4v) is 2.17. The van der Waals surface area contributed by atoms with Crippen LogP contribution >= 0.6 is 0 Å². The van der Waals surface area contributed by atoms with Gasteiger partial charge in [-0.25, -0.2) is 0 Å².